The standard InChI is InChI=1S/C32H31N3O3/c1-21-7-13-24(14-8-21)33-31(36)30-29(23-11-17-26(38-3)18-12-23)27-6-4-5-19-34-28(20-35(30)32(27)34)22-9-15-25(37-2)16-10-22/h7-18,20H,4-6,19H2,1-3H3,(H,33,36). The number of hydrogen-bond acceptors (Lipinski definition) is 3. The minimum Gasteiger partial charge on any atom is -0.497 e. The number of methoxy groups -OCH3 is 2. The van der Waals surface area contributed by atoms with Gasteiger partial charge in [0, 0.05) is 29.6 Å². The number of imidazole rings is 1. The Hall–Kier alpha value is -4.45. The maximum absolute atomic E-state index is 14.0. The summed E-state index contributed by atoms with van der Waals surface area (Å²) in [6.07, 6.45) is 5.17. The number of nitrogens with zero attached hydrogens (tertiary/aromatic N) is 2. The van der Waals surface area contributed by atoms with E-state index in [-0.39, 0.29) is 5.91 Å². The maximum atomic E-state index is 14.0. The fraction of sp³-hybridized carbons (Fsp3) is 0.219. The molecule has 0 fully saturated rings. The molecule has 0 saturated carbocycles. The summed E-state index contributed by atoms with van der Waals surface area (Å²) >= 11 is 0. The Morgan fingerprint density at radius 2 is 1.45 bits per heavy atom. The minimum atomic E-state index is -0.125. The summed E-state index contributed by atoms with van der Waals surface area (Å²) in [4.78, 5) is 14.0. The number of carbonyl (C=O) groups excluding carboxylic acids is 1. The Labute approximate surface area is 222 Å². The first-order valence-corrected chi connectivity index (χ1v) is 13.0. The highest BCUT2D eigenvalue weighted by molar-refractivity contribution is 6.10. The number of benzene rings is 3. The second-order valence-corrected chi connectivity index (χ2v) is 9.80. The molecular weight excluding hydrogens is 474 g/mol. The van der Waals surface area contributed by atoms with Crippen LogP contribution in [0.5, 0.6) is 11.5 Å². The zero-order valence-electron chi connectivity index (χ0n) is 22.0. The number of amides is 1. The van der Waals surface area contributed by atoms with Crippen molar-refractivity contribution in [1.29, 1.82) is 0 Å². The lowest BCUT2D eigenvalue weighted by Crippen LogP contribution is -2.15. The van der Waals surface area contributed by atoms with Gasteiger partial charge in [-0.3, -0.25) is 9.20 Å². The van der Waals surface area contributed by atoms with Gasteiger partial charge in [-0.25, -0.2) is 0 Å². The summed E-state index contributed by atoms with van der Waals surface area (Å²) in [7, 11) is 3.34. The molecule has 1 amide bonds. The second-order valence-electron chi connectivity index (χ2n) is 9.80. The summed E-state index contributed by atoms with van der Waals surface area (Å²) < 4.78 is 15.3. The predicted molar refractivity (Wildman–Crippen MR) is 151 cm³/mol. The van der Waals surface area contributed by atoms with Gasteiger partial charge < -0.3 is 19.4 Å². The molecule has 6 heteroatoms. The van der Waals surface area contributed by atoms with Crippen LogP contribution in [0, 0.1) is 6.92 Å². The molecule has 0 bridgehead atoms. The lowest BCUT2D eigenvalue weighted by Gasteiger charge is -2.11. The fourth-order valence-corrected chi connectivity index (χ4v) is 5.50. The molecule has 0 saturated heterocycles. The summed E-state index contributed by atoms with van der Waals surface area (Å²) in [6.45, 7) is 2.94. The van der Waals surface area contributed by atoms with Gasteiger partial charge in [0.25, 0.3) is 5.91 Å². The lowest BCUT2D eigenvalue weighted by atomic mass is 9.97. The minimum absolute atomic E-state index is 0.125. The van der Waals surface area contributed by atoms with Gasteiger partial charge in [-0.05, 0) is 85.8 Å². The third kappa shape index (κ3) is 4.12. The van der Waals surface area contributed by atoms with E-state index in [2.05, 4.69) is 32.6 Å². The molecule has 1 aliphatic heterocycles. The first-order valence-electron chi connectivity index (χ1n) is 13.0. The highest BCUT2D eigenvalue weighted by Gasteiger charge is 2.29. The van der Waals surface area contributed by atoms with Crippen molar-refractivity contribution >= 4 is 17.2 Å². The van der Waals surface area contributed by atoms with Crippen LogP contribution in [0.2, 0.25) is 0 Å². The lowest BCUT2D eigenvalue weighted by molar-refractivity contribution is 0.102. The van der Waals surface area contributed by atoms with Gasteiger partial charge in [0.05, 0.1) is 19.9 Å². The van der Waals surface area contributed by atoms with Crippen LogP contribution in [0.4, 0.5) is 5.69 Å². The van der Waals surface area contributed by atoms with Crippen molar-refractivity contribution in [2.24, 2.45) is 0 Å². The highest BCUT2D eigenvalue weighted by atomic mass is 16.5. The SMILES string of the molecule is COc1ccc(-c2c3c4n(c(-c5ccc(OC)cc5)cn4c2C(=O)Nc2ccc(C)cc2)CCCC3)cc1. The van der Waals surface area contributed by atoms with Gasteiger partial charge in [0.1, 0.15) is 22.8 Å². The van der Waals surface area contributed by atoms with Crippen molar-refractivity contribution in [3.8, 4) is 33.9 Å². The molecule has 1 N–H and O–H groups in total. The number of rotatable bonds is 6. The predicted octanol–water partition coefficient (Wildman–Crippen LogP) is 6.99. The van der Waals surface area contributed by atoms with Gasteiger partial charge >= 0.3 is 0 Å². The number of carbonyl (C=O) groups is 1. The van der Waals surface area contributed by atoms with E-state index in [9.17, 15) is 4.79 Å². The number of ether oxygens (including phenoxy) is 2. The number of hydrogen-bond donors (Lipinski definition) is 1. The molecule has 0 spiro atoms. The zero-order chi connectivity index (χ0) is 26.2. The van der Waals surface area contributed by atoms with E-state index in [1.54, 1.807) is 14.2 Å². The van der Waals surface area contributed by atoms with E-state index in [1.807, 2.05) is 67.6 Å². The molecule has 0 aliphatic carbocycles. The molecule has 38 heavy (non-hydrogen) atoms. The molecule has 0 radical (unpaired) electrons. The average Bonchev–Trinajstić information content (AvgIpc) is 3.37. The van der Waals surface area contributed by atoms with E-state index < -0.39 is 0 Å². The molecule has 1 aliphatic rings. The molecule has 5 aromatic rings. The van der Waals surface area contributed by atoms with Crippen molar-refractivity contribution in [2.45, 2.75) is 32.7 Å². The fourth-order valence-electron chi connectivity index (χ4n) is 5.50. The first kappa shape index (κ1) is 23.9. The number of anilines is 1. The third-order valence-electron chi connectivity index (χ3n) is 7.42. The monoisotopic (exact) mass is 505 g/mol. The van der Waals surface area contributed by atoms with Gasteiger partial charge in [0.15, 0.2) is 0 Å². The average molecular weight is 506 g/mol. The molecule has 192 valence electrons. The van der Waals surface area contributed by atoms with Crippen molar-refractivity contribution in [1.82, 2.24) is 8.97 Å². The molecular formula is C32H31N3O3. The largest absolute Gasteiger partial charge is 0.497 e. The number of nitrogens with one attached hydrogen (secondary N) is 1. The van der Waals surface area contributed by atoms with Crippen molar-refractivity contribution in [3.63, 3.8) is 0 Å². The van der Waals surface area contributed by atoms with E-state index in [0.29, 0.717) is 5.69 Å². The Morgan fingerprint density at radius 3 is 2.08 bits per heavy atom. The van der Waals surface area contributed by atoms with Crippen LogP contribution in [0.3, 0.4) is 0 Å². The van der Waals surface area contributed by atoms with E-state index in [1.165, 1.54) is 5.56 Å². The van der Waals surface area contributed by atoms with Gasteiger partial charge in [0.2, 0.25) is 0 Å². The Balaban J connectivity index is 1.57. The van der Waals surface area contributed by atoms with Crippen molar-refractivity contribution in [2.75, 3.05) is 19.5 Å². The van der Waals surface area contributed by atoms with Crippen LogP contribution in [0.1, 0.15) is 34.5 Å². The molecule has 0 atom stereocenters. The van der Waals surface area contributed by atoms with Gasteiger partial charge in [-0.2, -0.15) is 0 Å². The van der Waals surface area contributed by atoms with Crippen LogP contribution < -0.4 is 14.8 Å². The van der Waals surface area contributed by atoms with Crippen LogP contribution >= 0.6 is 0 Å². The normalized spacial score (nSPS) is 12.8. The van der Waals surface area contributed by atoms with E-state index in [0.717, 1.165) is 76.6 Å². The highest BCUT2D eigenvalue weighted by Crippen LogP contribution is 2.40. The second kappa shape index (κ2) is 9.78. The molecule has 2 aromatic heterocycles. The number of aromatic nitrogens is 2. The smallest absolute Gasteiger partial charge is 0.273 e. The zero-order valence-corrected chi connectivity index (χ0v) is 22.0. The Kier molecular flexibility index (Phi) is 6.16. The van der Waals surface area contributed by atoms with Crippen LogP contribution in [0.15, 0.2) is 79.0 Å². The summed E-state index contributed by atoms with van der Waals surface area (Å²) in [5.74, 6) is 1.49. The topological polar surface area (TPSA) is 56.9 Å². The Bertz CT molecular complexity index is 1610. The Morgan fingerprint density at radius 1 is 0.816 bits per heavy atom. The number of aryl methyl sites for hydroxylation is 3. The van der Waals surface area contributed by atoms with E-state index >= 15 is 0 Å². The molecule has 6 rings (SSSR count). The quantitative estimate of drug-likeness (QED) is 0.271. The first-order chi connectivity index (χ1) is 18.6. The third-order valence-corrected chi connectivity index (χ3v) is 7.42. The van der Waals surface area contributed by atoms with Crippen LogP contribution in [-0.4, -0.2) is 29.1 Å². The van der Waals surface area contributed by atoms with Gasteiger partial charge in [-0.15, -0.1) is 0 Å². The maximum Gasteiger partial charge on any atom is 0.273 e. The summed E-state index contributed by atoms with van der Waals surface area (Å²) in [6, 6.07) is 24.1. The summed E-state index contributed by atoms with van der Waals surface area (Å²) in [5, 5.41) is 3.16. The van der Waals surface area contributed by atoms with Crippen molar-refractivity contribution in [3.05, 3.63) is 95.8 Å². The van der Waals surface area contributed by atoms with Crippen LogP contribution in [-0.2, 0) is 13.0 Å². The molecule has 6 nitrogen and oxygen atoms in total. The van der Waals surface area contributed by atoms with Gasteiger partial charge in [-0.1, -0.05) is 29.8 Å². The van der Waals surface area contributed by atoms with Crippen molar-refractivity contribution < 1.29 is 14.3 Å². The molecule has 3 aromatic carbocycles. The van der Waals surface area contributed by atoms with E-state index in [4.69, 9.17) is 9.47 Å². The molecule has 3 heterocycles. The molecule has 0 unspecified atom stereocenters. The summed E-state index contributed by atoms with van der Waals surface area (Å²) in [5.41, 5.74) is 9.07. The van der Waals surface area contributed by atoms with Crippen LogP contribution in [0.25, 0.3) is 28.0 Å².